The molecule has 1 aliphatic rings. The minimum Gasteiger partial charge on any atom is -0.496 e. The maximum atomic E-state index is 8.24. The van der Waals surface area contributed by atoms with Crippen molar-refractivity contribution in [3.8, 4) is 5.75 Å². The summed E-state index contributed by atoms with van der Waals surface area (Å²) in [4.78, 5) is 4.99. The molecular weight excluding hydrogens is 204 g/mol. The number of anilines is 1. The third-order valence-corrected chi connectivity index (χ3v) is 2.83. The van der Waals surface area contributed by atoms with E-state index in [-0.39, 0.29) is 0 Å². The SMILES string of the molecule is COc1cccc2c1CCN2CCN=[N+]=[N-]. The van der Waals surface area contributed by atoms with Gasteiger partial charge in [0, 0.05) is 35.8 Å². The van der Waals surface area contributed by atoms with E-state index in [9.17, 15) is 0 Å². The summed E-state index contributed by atoms with van der Waals surface area (Å²) < 4.78 is 5.32. The molecule has 84 valence electrons. The van der Waals surface area contributed by atoms with Crippen molar-refractivity contribution < 1.29 is 4.74 Å². The molecule has 0 saturated heterocycles. The Morgan fingerprint density at radius 2 is 2.44 bits per heavy atom. The van der Waals surface area contributed by atoms with Crippen LogP contribution in [-0.4, -0.2) is 26.7 Å². The Balaban J connectivity index is 2.16. The van der Waals surface area contributed by atoms with Crippen LogP contribution in [0.3, 0.4) is 0 Å². The first-order valence-electron chi connectivity index (χ1n) is 5.28. The lowest BCUT2D eigenvalue weighted by Gasteiger charge is -2.18. The molecule has 0 fully saturated rings. The molecular formula is C11H14N4O. The van der Waals surface area contributed by atoms with Gasteiger partial charge in [0.05, 0.1) is 7.11 Å². The number of methoxy groups -OCH3 is 1. The summed E-state index contributed by atoms with van der Waals surface area (Å²) in [5, 5.41) is 3.56. The highest BCUT2D eigenvalue weighted by Gasteiger charge is 2.21. The molecule has 0 bridgehead atoms. The van der Waals surface area contributed by atoms with Gasteiger partial charge in [0.15, 0.2) is 0 Å². The number of fused-ring (bicyclic) bond motifs is 1. The standard InChI is InChI=1S/C11H14N4O/c1-16-11-4-2-3-10-9(11)5-7-15(10)8-6-13-14-12/h2-4H,5-8H2,1H3. The smallest absolute Gasteiger partial charge is 0.124 e. The van der Waals surface area contributed by atoms with Gasteiger partial charge in [-0.1, -0.05) is 11.2 Å². The van der Waals surface area contributed by atoms with Crippen LogP contribution >= 0.6 is 0 Å². The number of nitrogens with zero attached hydrogens (tertiary/aromatic N) is 4. The van der Waals surface area contributed by atoms with Gasteiger partial charge < -0.3 is 9.64 Å². The summed E-state index contributed by atoms with van der Waals surface area (Å²) in [5.74, 6) is 0.948. The van der Waals surface area contributed by atoms with E-state index >= 15 is 0 Å². The molecule has 1 aromatic rings. The quantitative estimate of drug-likeness (QED) is 0.442. The van der Waals surface area contributed by atoms with Gasteiger partial charge in [-0.25, -0.2) is 0 Å². The molecule has 5 heteroatoms. The zero-order valence-corrected chi connectivity index (χ0v) is 9.26. The first-order chi connectivity index (χ1) is 7.86. The highest BCUT2D eigenvalue weighted by molar-refractivity contribution is 5.63. The molecule has 0 saturated carbocycles. The van der Waals surface area contributed by atoms with Crippen molar-refractivity contribution in [2.24, 2.45) is 5.11 Å². The van der Waals surface area contributed by atoms with Gasteiger partial charge in [0.25, 0.3) is 0 Å². The van der Waals surface area contributed by atoms with Crippen molar-refractivity contribution in [3.05, 3.63) is 34.2 Å². The lowest BCUT2D eigenvalue weighted by molar-refractivity contribution is 0.411. The van der Waals surface area contributed by atoms with Crippen LogP contribution in [0.5, 0.6) is 5.75 Å². The van der Waals surface area contributed by atoms with Crippen LogP contribution in [0.25, 0.3) is 10.4 Å². The van der Waals surface area contributed by atoms with E-state index in [1.54, 1.807) is 7.11 Å². The van der Waals surface area contributed by atoms with Crippen molar-refractivity contribution in [2.45, 2.75) is 6.42 Å². The molecule has 0 aliphatic carbocycles. The molecule has 0 unspecified atom stereocenters. The van der Waals surface area contributed by atoms with Crippen molar-refractivity contribution in [1.29, 1.82) is 0 Å². The highest BCUT2D eigenvalue weighted by Crippen LogP contribution is 2.34. The third kappa shape index (κ3) is 1.90. The Kier molecular flexibility index (Phi) is 3.17. The number of azide groups is 1. The van der Waals surface area contributed by atoms with E-state index < -0.39 is 0 Å². The summed E-state index contributed by atoms with van der Waals surface area (Å²) in [6.07, 6.45) is 0.996. The fourth-order valence-electron chi connectivity index (χ4n) is 2.10. The van der Waals surface area contributed by atoms with E-state index in [2.05, 4.69) is 21.0 Å². The molecule has 1 aromatic carbocycles. The predicted octanol–water partition coefficient (Wildman–Crippen LogP) is 2.37. The van der Waals surface area contributed by atoms with Crippen LogP contribution in [0.15, 0.2) is 23.3 Å². The number of hydrogen-bond donors (Lipinski definition) is 0. The van der Waals surface area contributed by atoms with Gasteiger partial charge in [-0.15, -0.1) is 0 Å². The molecule has 2 rings (SSSR count). The first-order valence-corrected chi connectivity index (χ1v) is 5.28. The van der Waals surface area contributed by atoms with E-state index in [0.29, 0.717) is 6.54 Å². The maximum Gasteiger partial charge on any atom is 0.124 e. The molecule has 16 heavy (non-hydrogen) atoms. The lowest BCUT2D eigenvalue weighted by Crippen LogP contribution is -2.23. The van der Waals surface area contributed by atoms with Crippen LogP contribution in [0.2, 0.25) is 0 Å². The summed E-state index contributed by atoms with van der Waals surface area (Å²) in [6.45, 7) is 2.24. The Labute approximate surface area is 94.3 Å². The summed E-state index contributed by atoms with van der Waals surface area (Å²) in [7, 11) is 1.69. The Morgan fingerprint density at radius 3 is 3.19 bits per heavy atom. The summed E-state index contributed by atoms with van der Waals surface area (Å²) in [6, 6.07) is 6.06. The average molecular weight is 218 g/mol. The van der Waals surface area contributed by atoms with Gasteiger partial charge in [-0.2, -0.15) is 0 Å². The number of benzene rings is 1. The van der Waals surface area contributed by atoms with Crippen molar-refractivity contribution in [3.63, 3.8) is 0 Å². The van der Waals surface area contributed by atoms with Crippen molar-refractivity contribution in [1.82, 2.24) is 0 Å². The second-order valence-electron chi connectivity index (χ2n) is 3.65. The summed E-state index contributed by atoms with van der Waals surface area (Å²) in [5.41, 5.74) is 10.7. The summed E-state index contributed by atoms with van der Waals surface area (Å²) >= 11 is 0. The lowest BCUT2D eigenvalue weighted by atomic mass is 10.1. The predicted molar refractivity (Wildman–Crippen MR) is 62.9 cm³/mol. The Morgan fingerprint density at radius 1 is 1.56 bits per heavy atom. The number of rotatable bonds is 4. The third-order valence-electron chi connectivity index (χ3n) is 2.83. The van der Waals surface area contributed by atoms with E-state index in [1.807, 2.05) is 12.1 Å². The number of ether oxygens (including phenoxy) is 1. The monoisotopic (exact) mass is 218 g/mol. The maximum absolute atomic E-state index is 8.24. The zero-order chi connectivity index (χ0) is 11.4. The van der Waals surface area contributed by atoms with Gasteiger partial charge >= 0.3 is 0 Å². The molecule has 0 aromatic heterocycles. The fraction of sp³-hybridized carbons (Fsp3) is 0.455. The average Bonchev–Trinajstić information content (AvgIpc) is 2.73. The molecule has 1 aliphatic heterocycles. The second kappa shape index (κ2) is 4.77. The van der Waals surface area contributed by atoms with Crippen molar-refractivity contribution in [2.75, 3.05) is 31.6 Å². The second-order valence-corrected chi connectivity index (χ2v) is 3.65. The first kappa shape index (κ1) is 10.6. The molecule has 1 heterocycles. The number of hydrogen-bond acceptors (Lipinski definition) is 3. The van der Waals surface area contributed by atoms with Gasteiger partial charge in [-0.3, -0.25) is 0 Å². The fourth-order valence-corrected chi connectivity index (χ4v) is 2.10. The van der Waals surface area contributed by atoms with Crippen LogP contribution in [0.1, 0.15) is 5.56 Å². The van der Waals surface area contributed by atoms with Crippen LogP contribution in [0.4, 0.5) is 5.69 Å². The minimum atomic E-state index is 0.507. The topological polar surface area (TPSA) is 61.2 Å². The molecule has 0 spiro atoms. The minimum absolute atomic E-state index is 0.507. The Hall–Kier alpha value is -1.87. The molecule has 0 N–H and O–H groups in total. The van der Waals surface area contributed by atoms with E-state index in [1.165, 1.54) is 11.3 Å². The molecule has 0 atom stereocenters. The van der Waals surface area contributed by atoms with Crippen molar-refractivity contribution >= 4 is 5.69 Å². The van der Waals surface area contributed by atoms with Crippen LogP contribution < -0.4 is 9.64 Å². The van der Waals surface area contributed by atoms with Crippen LogP contribution in [0, 0.1) is 0 Å². The Bertz CT molecular complexity index is 426. The highest BCUT2D eigenvalue weighted by atomic mass is 16.5. The van der Waals surface area contributed by atoms with E-state index in [0.717, 1.165) is 25.3 Å². The van der Waals surface area contributed by atoms with Crippen LogP contribution in [-0.2, 0) is 6.42 Å². The van der Waals surface area contributed by atoms with Gasteiger partial charge in [-0.05, 0) is 24.1 Å². The normalized spacial score (nSPS) is 13.2. The zero-order valence-electron chi connectivity index (χ0n) is 9.26. The van der Waals surface area contributed by atoms with E-state index in [4.69, 9.17) is 10.3 Å². The molecule has 0 radical (unpaired) electrons. The molecule has 5 nitrogen and oxygen atoms in total. The van der Waals surface area contributed by atoms with Gasteiger partial charge in [0.1, 0.15) is 5.75 Å². The largest absolute Gasteiger partial charge is 0.496 e. The van der Waals surface area contributed by atoms with Gasteiger partial charge in [0.2, 0.25) is 0 Å². The molecule has 0 amide bonds.